The summed E-state index contributed by atoms with van der Waals surface area (Å²) in [7, 11) is 2.03. The lowest BCUT2D eigenvalue weighted by atomic mass is 10.1. The molecule has 1 aromatic heterocycles. The van der Waals surface area contributed by atoms with Crippen molar-refractivity contribution in [2.45, 2.75) is 40.3 Å². The zero-order valence-corrected chi connectivity index (χ0v) is 13.5. The summed E-state index contributed by atoms with van der Waals surface area (Å²) in [6.07, 6.45) is 3.62. The Morgan fingerprint density at radius 2 is 1.76 bits per heavy atom. The Kier molecular flexibility index (Phi) is 4.91. The monoisotopic (exact) mass is 284 g/mol. The van der Waals surface area contributed by atoms with Gasteiger partial charge in [0.05, 0.1) is 11.9 Å². The molecular weight excluding hydrogens is 260 g/mol. The molecule has 0 saturated heterocycles. The Morgan fingerprint density at radius 1 is 1.10 bits per heavy atom. The predicted octanol–water partition coefficient (Wildman–Crippen LogP) is 3.36. The van der Waals surface area contributed by atoms with Crippen LogP contribution >= 0.6 is 0 Å². The van der Waals surface area contributed by atoms with Gasteiger partial charge in [0, 0.05) is 31.5 Å². The highest BCUT2D eigenvalue weighted by atomic mass is 15.2. The smallest absolute Gasteiger partial charge is 0.151 e. The Bertz CT molecular complexity index is 587. The lowest BCUT2D eigenvalue weighted by Crippen LogP contribution is -2.23. The van der Waals surface area contributed by atoms with E-state index >= 15 is 0 Å². The maximum Gasteiger partial charge on any atom is 0.151 e. The molecule has 0 radical (unpaired) electrons. The van der Waals surface area contributed by atoms with Gasteiger partial charge in [-0.3, -0.25) is 4.98 Å². The Morgan fingerprint density at radius 3 is 2.38 bits per heavy atom. The molecule has 1 heterocycles. The fraction of sp³-hybridized carbons (Fsp3) is 0.412. The van der Waals surface area contributed by atoms with Crippen molar-refractivity contribution in [1.82, 2.24) is 15.3 Å². The number of anilines is 2. The zero-order valence-electron chi connectivity index (χ0n) is 13.5. The van der Waals surface area contributed by atoms with Crippen molar-refractivity contribution in [2.24, 2.45) is 0 Å². The van der Waals surface area contributed by atoms with Crippen molar-refractivity contribution in [3.05, 3.63) is 47.4 Å². The van der Waals surface area contributed by atoms with Gasteiger partial charge in [-0.25, -0.2) is 4.98 Å². The van der Waals surface area contributed by atoms with Gasteiger partial charge in [0.15, 0.2) is 5.82 Å². The van der Waals surface area contributed by atoms with Crippen LogP contribution < -0.4 is 10.2 Å². The van der Waals surface area contributed by atoms with E-state index in [1.807, 2.05) is 13.2 Å². The molecule has 0 spiro atoms. The van der Waals surface area contributed by atoms with Crippen LogP contribution in [-0.4, -0.2) is 23.1 Å². The fourth-order valence-corrected chi connectivity index (χ4v) is 2.23. The fourth-order valence-electron chi connectivity index (χ4n) is 2.23. The predicted molar refractivity (Wildman–Crippen MR) is 88.0 cm³/mol. The molecule has 4 heteroatoms. The van der Waals surface area contributed by atoms with Crippen LogP contribution in [-0.2, 0) is 6.54 Å². The second-order valence-corrected chi connectivity index (χ2v) is 5.81. The molecule has 2 aromatic rings. The second kappa shape index (κ2) is 6.68. The number of nitrogens with zero attached hydrogens (tertiary/aromatic N) is 3. The van der Waals surface area contributed by atoms with Crippen molar-refractivity contribution in [2.75, 3.05) is 11.9 Å². The van der Waals surface area contributed by atoms with Gasteiger partial charge in [0.2, 0.25) is 0 Å². The maximum atomic E-state index is 4.68. The van der Waals surface area contributed by atoms with Gasteiger partial charge in [0.25, 0.3) is 0 Å². The third-order valence-electron chi connectivity index (χ3n) is 3.30. The summed E-state index contributed by atoms with van der Waals surface area (Å²) in [6, 6.07) is 6.93. The van der Waals surface area contributed by atoms with Gasteiger partial charge >= 0.3 is 0 Å². The van der Waals surface area contributed by atoms with E-state index in [1.54, 1.807) is 6.20 Å². The van der Waals surface area contributed by atoms with E-state index < -0.39 is 0 Å². The maximum absolute atomic E-state index is 4.68. The molecule has 0 unspecified atom stereocenters. The molecule has 0 fully saturated rings. The normalized spacial score (nSPS) is 11.0. The van der Waals surface area contributed by atoms with Crippen molar-refractivity contribution < 1.29 is 0 Å². The summed E-state index contributed by atoms with van der Waals surface area (Å²) in [6.45, 7) is 9.20. The number of rotatable bonds is 5. The first-order valence-electron chi connectivity index (χ1n) is 7.32. The summed E-state index contributed by atoms with van der Waals surface area (Å²) < 4.78 is 0. The van der Waals surface area contributed by atoms with E-state index in [4.69, 9.17) is 0 Å². The first-order valence-corrected chi connectivity index (χ1v) is 7.32. The van der Waals surface area contributed by atoms with Crippen LogP contribution in [0.5, 0.6) is 0 Å². The average Bonchev–Trinajstić information content (AvgIpc) is 2.43. The van der Waals surface area contributed by atoms with E-state index in [-0.39, 0.29) is 0 Å². The summed E-state index contributed by atoms with van der Waals surface area (Å²) >= 11 is 0. The number of aromatic nitrogens is 2. The van der Waals surface area contributed by atoms with Gasteiger partial charge in [-0.2, -0.15) is 0 Å². The standard InChI is InChI=1S/C17H24N4/c1-12(2)19-10-15-9-18-11-17(20-15)21(5)16-7-13(3)6-14(4)8-16/h6-9,11-12,19H,10H2,1-5H3. The minimum atomic E-state index is 0.438. The third-order valence-corrected chi connectivity index (χ3v) is 3.30. The Balaban J connectivity index is 2.22. The van der Waals surface area contributed by atoms with Crippen molar-refractivity contribution in [3.8, 4) is 0 Å². The lowest BCUT2D eigenvalue weighted by molar-refractivity contribution is 0.580. The van der Waals surface area contributed by atoms with Crippen LogP contribution in [0.2, 0.25) is 0 Å². The Hall–Kier alpha value is -1.94. The molecule has 0 amide bonds. The first-order chi connectivity index (χ1) is 9.95. The van der Waals surface area contributed by atoms with Crippen molar-refractivity contribution in [3.63, 3.8) is 0 Å². The van der Waals surface area contributed by atoms with Crippen LogP contribution in [0.4, 0.5) is 11.5 Å². The molecule has 0 aliphatic carbocycles. The highest BCUT2D eigenvalue weighted by Gasteiger charge is 2.08. The second-order valence-electron chi connectivity index (χ2n) is 5.81. The van der Waals surface area contributed by atoms with E-state index in [2.05, 4.69) is 66.1 Å². The number of nitrogens with one attached hydrogen (secondary N) is 1. The SMILES string of the molecule is Cc1cc(C)cc(N(C)c2cncc(CNC(C)C)n2)c1. The third kappa shape index (κ3) is 4.26. The number of hydrogen-bond donors (Lipinski definition) is 1. The average molecular weight is 284 g/mol. The zero-order chi connectivity index (χ0) is 15.4. The summed E-state index contributed by atoms with van der Waals surface area (Å²) in [5.41, 5.74) is 4.60. The molecule has 1 N–H and O–H groups in total. The molecule has 0 aliphatic rings. The number of hydrogen-bond acceptors (Lipinski definition) is 4. The molecule has 0 saturated carbocycles. The van der Waals surface area contributed by atoms with Gasteiger partial charge < -0.3 is 10.2 Å². The minimum absolute atomic E-state index is 0.438. The number of aryl methyl sites for hydroxylation is 2. The Labute approximate surface area is 127 Å². The van der Waals surface area contributed by atoms with Gasteiger partial charge in [-0.05, 0) is 37.1 Å². The van der Waals surface area contributed by atoms with Crippen LogP contribution in [0.3, 0.4) is 0 Å². The van der Waals surface area contributed by atoms with E-state index in [1.165, 1.54) is 11.1 Å². The van der Waals surface area contributed by atoms with Gasteiger partial charge in [-0.1, -0.05) is 19.9 Å². The summed E-state index contributed by atoms with van der Waals surface area (Å²) in [4.78, 5) is 11.1. The molecule has 112 valence electrons. The van der Waals surface area contributed by atoms with E-state index in [0.717, 1.165) is 23.7 Å². The van der Waals surface area contributed by atoms with Gasteiger partial charge in [0.1, 0.15) is 0 Å². The number of benzene rings is 1. The van der Waals surface area contributed by atoms with E-state index in [9.17, 15) is 0 Å². The molecule has 0 atom stereocenters. The van der Waals surface area contributed by atoms with Crippen molar-refractivity contribution >= 4 is 11.5 Å². The lowest BCUT2D eigenvalue weighted by Gasteiger charge is -2.20. The highest BCUT2D eigenvalue weighted by Crippen LogP contribution is 2.23. The minimum Gasteiger partial charge on any atom is -0.328 e. The molecule has 0 aliphatic heterocycles. The summed E-state index contributed by atoms with van der Waals surface area (Å²) in [5.74, 6) is 0.864. The quantitative estimate of drug-likeness (QED) is 0.914. The molecule has 21 heavy (non-hydrogen) atoms. The first kappa shape index (κ1) is 15.4. The topological polar surface area (TPSA) is 41.1 Å². The van der Waals surface area contributed by atoms with Crippen LogP contribution in [0.15, 0.2) is 30.6 Å². The summed E-state index contributed by atoms with van der Waals surface area (Å²) in [5, 5.41) is 3.36. The molecule has 4 nitrogen and oxygen atoms in total. The van der Waals surface area contributed by atoms with E-state index in [0.29, 0.717) is 6.04 Å². The van der Waals surface area contributed by atoms with Crippen molar-refractivity contribution in [1.29, 1.82) is 0 Å². The molecule has 2 rings (SSSR count). The molecule has 0 bridgehead atoms. The molecular formula is C17H24N4. The van der Waals surface area contributed by atoms with Crippen LogP contribution in [0, 0.1) is 13.8 Å². The molecule has 1 aromatic carbocycles. The largest absolute Gasteiger partial charge is 0.328 e. The highest BCUT2D eigenvalue weighted by molar-refractivity contribution is 5.60. The van der Waals surface area contributed by atoms with Crippen LogP contribution in [0.25, 0.3) is 0 Å². The van der Waals surface area contributed by atoms with Crippen LogP contribution in [0.1, 0.15) is 30.7 Å². The van der Waals surface area contributed by atoms with Gasteiger partial charge in [-0.15, -0.1) is 0 Å².